The van der Waals surface area contributed by atoms with Crippen LogP contribution in [0.1, 0.15) is 22.8 Å². The van der Waals surface area contributed by atoms with E-state index < -0.39 is 11.9 Å². The van der Waals surface area contributed by atoms with Gasteiger partial charge in [0.1, 0.15) is 5.75 Å². The van der Waals surface area contributed by atoms with Gasteiger partial charge in [0.2, 0.25) is 0 Å². The molecule has 1 amide bonds. The summed E-state index contributed by atoms with van der Waals surface area (Å²) in [5, 5.41) is 3.56. The summed E-state index contributed by atoms with van der Waals surface area (Å²) >= 11 is 7.32. The highest BCUT2D eigenvalue weighted by atomic mass is 35.5. The Balaban J connectivity index is 1.90. The van der Waals surface area contributed by atoms with Crippen molar-refractivity contribution in [1.29, 1.82) is 0 Å². The van der Waals surface area contributed by atoms with Gasteiger partial charge < -0.3 is 4.74 Å². The number of carbonyl (C=O) groups is 2. The summed E-state index contributed by atoms with van der Waals surface area (Å²) < 4.78 is 6.04. The maximum absolute atomic E-state index is 12.5. The van der Waals surface area contributed by atoms with E-state index in [-0.39, 0.29) is 11.3 Å². The zero-order valence-corrected chi connectivity index (χ0v) is 14.5. The van der Waals surface area contributed by atoms with Crippen molar-refractivity contribution in [2.24, 2.45) is 0 Å². The Bertz CT molecular complexity index is 952. The topological polar surface area (TPSA) is 68.3 Å². The molecule has 2 aromatic carbocycles. The number of amides is 1. The molecule has 24 heavy (non-hydrogen) atoms. The monoisotopic (exact) mass is 360 g/mol. The molecule has 3 rings (SSSR count). The second-order valence-electron chi connectivity index (χ2n) is 5.18. The Morgan fingerprint density at radius 2 is 2.00 bits per heavy atom. The normalized spacial score (nSPS) is 10.6. The van der Waals surface area contributed by atoms with Crippen LogP contribution in [-0.2, 0) is 4.79 Å². The van der Waals surface area contributed by atoms with Gasteiger partial charge >= 0.3 is 5.97 Å². The third-order valence-corrected chi connectivity index (χ3v) is 4.37. The first-order chi connectivity index (χ1) is 11.4. The van der Waals surface area contributed by atoms with Gasteiger partial charge in [-0.15, -0.1) is 0 Å². The number of aryl methyl sites for hydroxylation is 1. The first-order valence-corrected chi connectivity index (χ1v) is 8.28. The SMILES string of the molecule is CC(=O)Oc1ccc(Cl)cc1C(=O)Nc1nc2ccc(C)cc2s1. The van der Waals surface area contributed by atoms with Crippen molar-refractivity contribution in [2.45, 2.75) is 13.8 Å². The molecule has 7 heteroatoms. The summed E-state index contributed by atoms with van der Waals surface area (Å²) in [7, 11) is 0. The fourth-order valence-electron chi connectivity index (χ4n) is 2.17. The van der Waals surface area contributed by atoms with Crippen molar-refractivity contribution < 1.29 is 14.3 Å². The number of hydrogen-bond donors (Lipinski definition) is 1. The zero-order chi connectivity index (χ0) is 17.3. The van der Waals surface area contributed by atoms with E-state index in [0.29, 0.717) is 10.2 Å². The van der Waals surface area contributed by atoms with E-state index in [9.17, 15) is 9.59 Å². The number of esters is 1. The summed E-state index contributed by atoms with van der Waals surface area (Å²) in [6, 6.07) is 10.4. The Hall–Kier alpha value is -2.44. The number of ether oxygens (including phenoxy) is 1. The van der Waals surface area contributed by atoms with Gasteiger partial charge in [-0.05, 0) is 42.8 Å². The van der Waals surface area contributed by atoms with Crippen molar-refractivity contribution in [3.63, 3.8) is 0 Å². The number of anilines is 1. The van der Waals surface area contributed by atoms with Crippen molar-refractivity contribution in [2.75, 3.05) is 5.32 Å². The summed E-state index contributed by atoms with van der Waals surface area (Å²) in [5.41, 5.74) is 2.11. The van der Waals surface area contributed by atoms with Crippen LogP contribution < -0.4 is 10.1 Å². The Morgan fingerprint density at radius 3 is 2.75 bits per heavy atom. The van der Waals surface area contributed by atoms with Crippen LogP contribution in [-0.4, -0.2) is 16.9 Å². The average Bonchev–Trinajstić information content (AvgIpc) is 2.89. The van der Waals surface area contributed by atoms with E-state index in [0.717, 1.165) is 15.8 Å². The van der Waals surface area contributed by atoms with E-state index in [1.54, 1.807) is 6.07 Å². The lowest BCUT2D eigenvalue weighted by molar-refractivity contribution is -0.131. The molecule has 0 bridgehead atoms. The quantitative estimate of drug-likeness (QED) is 0.554. The molecule has 1 N–H and O–H groups in total. The third-order valence-electron chi connectivity index (χ3n) is 3.20. The molecule has 1 heterocycles. The van der Waals surface area contributed by atoms with Gasteiger partial charge in [0, 0.05) is 11.9 Å². The highest BCUT2D eigenvalue weighted by Crippen LogP contribution is 2.29. The molecule has 0 atom stereocenters. The lowest BCUT2D eigenvalue weighted by atomic mass is 10.2. The molecule has 0 saturated carbocycles. The molecular formula is C17H13ClN2O3S. The van der Waals surface area contributed by atoms with Crippen molar-refractivity contribution in [3.8, 4) is 5.75 Å². The first-order valence-electron chi connectivity index (χ1n) is 7.09. The molecule has 0 fully saturated rings. The number of halogens is 1. The molecule has 0 spiro atoms. The van der Waals surface area contributed by atoms with E-state index in [1.165, 1.54) is 30.4 Å². The van der Waals surface area contributed by atoms with Crippen LogP contribution in [0.25, 0.3) is 10.2 Å². The molecule has 5 nitrogen and oxygen atoms in total. The van der Waals surface area contributed by atoms with Crippen LogP contribution in [0.4, 0.5) is 5.13 Å². The molecule has 0 aliphatic heterocycles. The Morgan fingerprint density at radius 1 is 1.21 bits per heavy atom. The molecular weight excluding hydrogens is 348 g/mol. The van der Waals surface area contributed by atoms with Gasteiger partial charge in [0.15, 0.2) is 5.13 Å². The van der Waals surface area contributed by atoms with Crippen LogP contribution >= 0.6 is 22.9 Å². The van der Waals surface area contributed by atoms with Crippen LogP contribution in [0.5, 0.6) is 5.75 Å². The Kier molecular flexibility index (Phi) is 4.51. The van der Waals surface area contributed by atoms with Crippen LogP contribution in [0.2, 0.25) is 5.02 Å². The number of thiazole rings is 1. The third kappa shape index (κ3) is 3.55. The van der Waals surface area contributed by atoms with E-state index in [1.807, 2.05) is 25.1 Å². The number of benzene rings is 2. The van der Waals surface area contributed by atoms with Gasteiger partial charge in [0.25, 0.3) is 5.91 Å². The summed E-state index contributed by atoms with van der Waals surface area (Å²) in [5.74, 6) is -0.798. The maximum atomic E-state index is 12.5. The van der Waals surface area contributed by atoms with Crippen LogP contribution in [0, 0.1) is 6.92 Å². The average molecular weight is 361 g/mol. The fourth-order valence-corrected chi connectivity index (χ4v) is 3.30. The van der Waals surface area contributed by atoms with Gasteiger partial charge in [-0.3, -0.25) is 14.9 Å². The molecule has 0 unspecified atom stereocenters. The van der Waals surface area contributed by atoms with Crippen LogP contribution in [0.15, 0.2) is 36.4 Å². The molecule has 0 radical (unpaired) electrons. The fraction of sp³-hybridized carbons (Fsp3) is 0.118. The number of nitrogens with one attached hydrogen (secondary N) is 1. The number of fused-ring (bicyclic) bond motifs is 1. The van der Waals surface area contributed by atoms with Gasteiger partial charge in [-0.25, -0.2) is 4.98 Å². The predicted molar refractivity (Wildman–Crippen MR) is 95.1 cm³/mol. The number of rotatable bonds is 3. The molecule has 1 aromatic heterocycles. The summed E-state index contributed by atoms with van der Waals surface area (Å²) in [4.78, 5) is 28.1. The summed E-state index contributed by atoms with van der Waals surface area (Å²) in [6.45, 7) is 3.26. The van der Waals surface area contributed by atoms with Crippen LogP contribution in [0.3, 0.4) is 0 Å². The molecule has 0 aliphatic carbocycles. The van der Waals surface area contributed by atoms with E-state index >= 15 is 0 Å². The second kappa shape index (κ2) is 6.59. The van der Waals surface area contributed by atoms with Gasteiger partial charge in [-0.2, -0.15) is 0 Å². The van der Waals surface area contributed by atoms with Crippen molar-refractivity contribution >= 4 is 50.2 Å². The zero-order valence-electron chi connectivity index (χ0n) is 12.9. The highest BCUT2D eigenvalue weighted by molar-refractivity contribution is 7.22. The lowest BCUT2D eigenvalue weighted by Gasteiger charge is -2.08. The van der Waals surface area contributed by atoms with Crippen molar-refractivity contribution in [3.05, 3.63) is 52.5 Å². The maximum Gasteiger partial charge on any atom is 0.308 e. The Labute approximate surface area is 147 Å². The van der Waals surface area contributed by atoms with Crippen molar-refractivity contribution in [1.82, 2.24) is 4.98 Å². The largest absolute Gasteiger partial charge is 0.426 e. The standard InChI is InChI=1S/C17H13ClN2O3S/c1-9-3-5-13-15(7-9)24-17(19-13)20-16(22)12-8-11(18)4-6-14(12)23-10(2)21/h3-8H,1-2H3,(H,19,20,22). The number of carbonyl (C=O) groups excluding carboxylic acids is 2. The van der Waals surface area contributed by atoms with E-state index in [4.69, 9.17) is 16.3 Å². The predicted octanol–water partition coefficient (Wildman–Crippen LogP) is 4.44. The number of aromatic nitrogens is 1. The molecule has 0 saturated heterocycles. The summed E-state index contributed by atoms with van der Waals surface area (Å²) in [6.07, 6.45) is 0. The second-order valence-corrected chi connectivity index (χ2v) is 6.65. The highest BCUT2D eigenvalue weighted by Gasteiger charge is 2.17. The first kappa shape index (κ1) is 16.4. The molecule has 122 valence electrons. The number of hydrogen-bond acceptors (Lipinski definition) is 5. The lowest BCUT2D eigenvalue weighted by Crippen LogP contribution is -2.14. The van der Waals surface area contributed by atoms with E-state index in [2.05, 4.69) is 10.3 Å². The minimum atomic E-state index is -0.512. The molecule has 0 aliphatic rings. The smallest absolute Gasteiger partial charge is 0.308 e. The number of nitrogens with zero attached hydrogens (tertiary/aromatic N) is 1. The van der Waals surface area contributed by atoms with Gasteiger partial charge in [-0.1, -0.05) is 29.0 Å². The molecule has 3 aromatic rings. The minimum absolute atomic E-state index is 0.154. The van der Waals surface area contributed by atoms with Gasteiger partial charge in [0.05, 0.1) is 15.8 Å². The minimum Gasteiger partial charge on any atom is -0.426 e.